The average Bonchev–Trinajstić information content (AvgIpc) is 2.31. The van der Waals surface area contributed by atoms with Crippen LogP contribution in [-0.2, 0) is 6.61 Å². The van der Waals surface area contributed by atoms with Crippen molar-refractivity contribution in [3.05, 3.63) is 57.0 Å². The maximum absolute atomic E-state index is 6.09. The van der Waals surface area contributed by atoms with Crippen molar-refractivity contribution in [2.45, 2.75) is 13.5 Å². The Hall–Kier alpha value is -1.19. The molecule has 0 bridgehead atoms. The highest BCUT2D eigenvalue weighted by Crippen LogP contribution is 2.29. The first-order valence-electron chi connectivity index (χ1n) is 5.50. The van der Waals surface area contributed by atoms with Crippen LogP contribution in [0.2, 0.25) is 5.02 Å². The molecule has 0 atom stereocenters. The van der Waals surface area contributed by atoms with Gasteiger partial charge in [0.15, 0.2) is 0 Å². The van der Waals surface area contributed by atoms with Gasteiger partial charge >= 0.3 is 0 Å². The molecule has 2 nitrogen and oxygen atoms in total. The summed E-state index contributed by atoms with van der Waals surface area (Å²) < 4.78 is 6.65. The van der Waals surface area contributed by atoms with Crippen molar-refractivity contribution in [1.82, 2.24) is 0 Å². The fourth-order valence-corrected chi connectivity index (χ4v) is 2.44. The molecule has 0 aliphatic carbocycles. The van der Waals surface area contributed by atoms with Crippen LogP contribution >= 0.6 is 27.5 Å². The molecule has 0 radical (unpaired) electrons. The van der Waals surface area contributed by atoms with Crippen LogP contribution in [0.4, 0.5) is 5.69 Å². The monoisotopic (exact) mass is 325 g/mol. The number of hydrogen-bond donors (Lipinski definition) is 1. The summed E-state index contributed by atoms with van der Waals surface area (Å²) in [7, 11) is 0. The Balaban J connectivity index is 2.16. The summed E-state index contributed by atoms with van der Waals surface area (Å²) >= 11 is 9.56. The smallest absolute Gasteiger partial charge is 0.134 e. The maximum atomic E-state index is 6.09. The summed E-state index contributed by atoms with van der Waals surface area (Å²) in [5.74, 6) is 0.778. The van der Waals surface area contributed by atoms with Crippen LogP contribution in [0.1, 0.15) is 11.1 Å². The predicted molar refractivity (Wildman–Crippen MR) is 79.1 cm³/mol. The molecule has 0 spiro atoms. The lowest BCUT2D eigenvalue weighted by molar-refractivity contribution is 0.305. The highest BCUT2D eigenvalue weighted by Gasteiger charge is 2.07. The minimum absolute atomic E-state index is 0.354. The van der Waals surface area contributed by atoms with Gasteiger partial charge in [-0.15, -0.1) is 0 Å². The summed E-state index contributed by atoms with van der Waals surface area (Å²) in [5, 5.41) is 0.623. The molecule has 0 saturated heterocycles. The topological polar surface area (TPSA) is 35.2 Å². The van der Waals surface area contributed by atoms with Crippen molar-refractivity contribution >= 4 is 33.2 Å². The van der Waals surface area contributed by atoms with E-state index >= 15 is 0 Å². The van der Waals surface area contributed by atoms with E-state index < -0.39 is 0 Å². The molecule has 2 aromatic carbocycles. The Bertz CT molecular complexity index is 551. The number of anilines is 1. The van der Waals surface area contributed by atoms with Crippen molar-refractivity contribution in [2.24, 2.45) is 0 Å². The van der Waals surface area contributed by atoms with Gasteiger partial charge in [-0.3, -0.25) is 0 Å². The molecule has 2 rings (SSSR count). The fourth-order valence-electron chi connectivity index (χ4n) is 1.60. The van der Waals surface area contributed by atoms with Crippen molar-refractivity contribution < 1.29 is 4.74 Å². The Labute approximate surface area is 120 Å². The lowest BCUT2D eigenvalue weighted by Crippen LogP contribution is -2.01. The van der Waals surface area contributed by atoms with E-state index in [2.05, 4.69) is 15.9 Å². The second-order valence-corrected chi connectivity index (χ2v) is 5.29. The number of hydrogen-bond acceptors (Lipinski definition) is 2. The van der Waals surface area contributed by atoms with E-state index in [1.165, 1.54) is 5.56 Å². The van der Waals surface area contributed by atoms with Crippen LogP contribution in [0.3, 0.4) is 0 Å². The lowest BCUT2D eigenvalue weighted by Gasteiger charge is -2.11. The van der Waals surface area contributed by atoms with Crippen molar-refractivity contribution in [3.8, 4) is 5.75 Å². The number of halogens is 2. The number of nitrogens with two attached hydrogens (primary N) is 1. The molecular formula is C14H13BrClNO. The Morgan fingerprint density at radius 2 is 2.06 bits per heavy atom. The van der Waals surface area contributed by atoms with Crippen LogP contribution in [-0.4, -0.2) is 0 Å². The molecule has 0 aliphatic heterocycles. The zero-order valence-electron chi connectivity index (χ0n) is 9.91. The maximum Gasteiger partial charge on any atom is 0.134 e. The van der Waals surface area contributed by atoms with Crippen LogP contribution in [0.5, 0.6) is 5.75 Å². The number of aryl methyl sites for hydroxylation is 1. The van der Waals surface area contributed by atoms with Gasteiger partial charge in [0.2, 0.25) is 0 Å². The third kappa shape index (κ3) is 2.98. The normalized spacial score (nSPS) is 10.4. The van der Waals surface area contributed by atoms with E-state index in [4.69, 9.17) is 22.1 Å². The summed E-state index contributed by atoms with van der Waals surface area (Å²) in [6.45, 7) is 2.38. The van der Waals surface area contributed by atoms with Crippen molar-refractivity contribution in [2.75, 3.05) is 5.73 Å². The molecule has 0 fully saturated rings. The quantitative estimate of drug-likeness (QED) is 0.838. The van der Waals surface area contributed by atoms with Gasteiger partial charge in [-0.1, -0.05) is 23.7 Å². The minimum Gasteiger partial charge on any atom is -0.488 e. The van der Waals surface area contributed by atoms with Gasteiger partial charge in [-0.2, -0.15) is 0 Å². The Kier molecular flexibility index (Phi) is 4.15. The molecule has 0 unspecified atom stereocenters. The number of rotatable bonds is 3. The first kappa shape index (κ1) is 13.2. The molecule has 18 heavy (non-hydrogen) atoms. The Morgan fingerprint density at radius 3 is 2.72 bits per heavy atom. The number of nitrogen functional groups attached to an aromatic ring is 1. The van der Waals surface area contributed by atoms with Crippen LogP contribution < -0.4 is 10.5 Å². The zero-order valence-corrected chi connectivity index (χ0v) is 12.3. The molecule has 0 aliphatic rings. The third-order valence-electron chi connectivity index (χ3n) is 2.61. The van der Waals surface area contributed by atoms with Crippen LogP contribution in [0.25, 0.3) is 0 Å². The zero-order chi connectivity index (χ0) is 13.1. The second kappa shape index (κ2) is 5.63. The first-order chi connectivity index (χ1) is 8.58. The van der Waals surface area contributed by atoms with E-state index in [9.17, 15) is 0 Å². The van der Waals surface area contributed by atoms with Crippen molar-refractivity contribution in [1.29, 1.82) is 0 Å². The van der Waals surface area contributed by atoms with Gasteiger partial charge in [0.05, 0.1) is 4.47 Å². The highest BCUT2D eigenvalue weighted by atomic mass is 79.9. The van der Waals surface area contributed by atoms with E-state index in [1.807, 2.05) is 37.3 Å². The number of ether oxygens (including phenoxy) is 1. The molecule has 2 N–H and O–H groups in total. The SMILES string of the molecule is Cc1ccc(OCc2c(N)cccc2Cl)c(Br)c1. The van der Waals surface area contributed by atoms with Gasteiger partial charge in [-0.05, 0) is 52.7 Å². The molecule has 0 saturated carbocycles. The van der Waals surface area contributed by atoms with Gasteiger partial charge in [0, 0.05) is 16.3 Å². The summed E-state index contributed by atoms with van der Waals surface area (Å²) in [6, 6.07) is 11.4. The molecule has 2 aromatic rings. The largest absolute Gasteiger partial charge is 0.488 e. The average molecular weight is 327 g/mol. The van der Waals surface area contributed by atoms with E-state index in [1.54, 1.807) is 6.07 Å². The standard InChI is InChI=1S/C14H13BrClNO/c1-9-5-6-14(11(15)7-9)18-8-10-12(16)3-2-4-13(10)17/h2-7H,8,17H2,1H3. The first-order valence-corrected chi connectivity index (χ1v) is 6.67. The molecule has 94 valence electrons. The van der Waals surface area contributed by atoms with Gasteiger partial charge in [0.1, 0.15) is 12.4 Å². The van der Waals surface area contributed by atoms with E-state index in [0.717, 1.165) is 15.8 Å². The molecule has 0 aromatic heterocycles. The fraction of sp³-hybridized carbons (Fsp3) is 0.143. The van der Waals surface area contributed by atoms with Gasteiger partial charge in [-0.25, -0.2) is 0 Å². The van der Waals surface area contributed by atoms with Crippen LogP contribution in [0, 0.1) is 6.92 Å². The van der Waals surface area contributed by atoms with Crippen LogP contribution in [0.15, 0.2) is 40.9 Å². The minimum atomic E-state index is 0.354. The van der Waals surface area contributed by atoms with E-state index in [-0.39, 0.29) is 0 Å². The van der Waals surface area contributed by atoms with Gasteiger partial charge in [0.25, 0.3) is 0 Å². The van der Waals surface area contributed by atoms with Gasteiger partial charge < -0.3 is 10.5 Å². The molecule has 0 heterocycles. The van der Waals surface area contributed by atoms with E-state index in [0.29, 0.717) is 17.3 Å². The molecule has 4 heteroatoms. The summed E-state index contributed by atoms with van der Waals surface area (Å²) in [4.78, 5) is 0. The third-order valence-corrected chi connectivity index (χ3v) is 3.59. The highest BCUT2D eigenvalue weighted by molar-refractivity contribution is 9.10. The Morgan fingerprint density at radius 1 is 1.28 bits per heavy atom. The summed E-state index contributed by atoms with van der Waals surface area (Å²) in [6.07, 6.45) is 0. The molecule has 0 amide bonds. The second-order valence-electron chi connectivity index (χ2n) is 4.03. The predicted octanol–water partition coefficient (Wildman–Crippen LogP) is 4.57. The summed E-state index contributed by atoms with van der Waals surface area (Å²) in [5.41, 5.74) is 8.50. The van der Waals surface area contributed by atoms with Crippen molar-refractivity contribution in [3.63, 3.8) is 0 Å². The lowest BCUT2D eigenvalue weighted by atomic mass is 10.2. The number of benzene rings is 2. The molecular weight excluding hydrogens is 314 g/mol.